The second kappa shape index (κ2) is 6.39. The molecule has 1 aromatic rings. The molecule has 0 radical (unpaired) electrons. The molecule has 1 aliphatic carbocycles. The third-order valence-corrected chi connectivity index (χ3v) is 3.94. The van der Waals surface area contributed by atoms with E-state index in [1.54, 1.807) is 12.3 Å². The molecule has 2 unspecified atom stereocenters. The summed E-state index contributed by atoms with van der Waals surface area (Å²) in [6.45, 7) is 0.991. The molecule has 0 aliphatic heterocycles. The van der Waals surface area contributed by atoms with E-state index in [-0.39, 0.29) is 6.61 Å². The number of aliphatic hydroxyl groups excluding tert-OH is 1. The molecule has 1 aromatic heterocycles. The minimum Gasteiger partial charge on any atom is -0.396 e. The zero-order valence-electron chi connectivity index (χ0n) is 11.0. The van der Waals surface area contributed by atoms with Crippen molar-refractivity contribution in [3.63, 3.8) is 0 Å². The summed E-state index contributed by atoms with van der Waals surface area (Å²) in [5.74, 6) is 1.38. The first-order valence-electron chi connectivity index (χ1n) is 6.75. The predicted molar refractivity (Wildman–Crippen MR) is 74.4 cm³/mol. The first-order chi connectivity index (χ1) is 9.26. The fourth-order valence-electron chi connectivity index (χ4n) is 2.73. The van der Waals surface area contributed by atoms with Crippen LogP contribution in [0.2, 0.25) is 0 Å². The molecule has 2 atom stereocenters. The lowest BCUT2D eigenvalue weighted by Gasteiger charge is -2.30. The van der Waals surface area contributed by atoms with Gasteiger partial charge in [0.15, 0.2) is 5.82 Å². The van der Waals surface area contributed by atoms with Crippen molar-refractivity contribution in [3.05, 3.63) is 17.8 Å². The van der Waals surface area contributed by atoms with E-state index in [0.717, 1.165) is 19.4 Å². The molecular weight excluding hydrogens is 240 g/mol. The fourth-order valence-corrected chi connectivity index (χ4v) is 2.73. The van der Waals surface area contributed by atoms with Crippen LogP contribution in [0, 0.1) is 23.2 Å². The van der Waals surface area contributed by atoms with Crippen LogP contribution in [0.4, 0.5) is 11.5 Å². The van der Waals surface area contributed by atoms with E-state index >= 15 is 0 Å². The van der Waals surface area contributed by atoms with Crippen LogP contribution in [0.3, 0.4) is 0 Å². The van der Waals surface area contributed by atoms with E-state index in [2.05, 4.69) is 10.3 Å². The van der Waals surface area contributed by atoms with Crippen molar-refractivity contribution in [2.24, 2.45) is 11.8 Å². The number of nitrogens with two attached hydrogens (primary N) is 1. The zero-order valence-corrected chi connectivity index (χ0v) is 11.0. The molecule has 1 aliphatic rings. The first-order valence-corrected chi connectivity index (χ1v) is 6.75. The van der Waals surface area contributed by atoms with Gasteiger partial charge in [0.1, 0.15) is 6.07 Å². The maximum Gasteiger partial charge on any atom is 0.150 e. The highest BCUT2D eigenvalue weighted by Crippen LogP contribution is 2.30. The van der Waals surface area contributed by atoms with Crippen LogP contribution in [0.25, 0.3) is 0 Å². The number of nitriles is 1. The van der Waals surface area contributed by atoms with Crippen molar-refractivity contribution in [3.8, 4) is 6.07 Å². The Morgan fingerprint density at radius 3 is 2.84 bits per heavy atom. The number of nitrogens with zero attached hydrogens (tertiary/aromatic N) is 2. The van der Waals surface area contributed by atoms with Gasteiger partial charge in [0.05, 0.1) is 11.3 Å². The third-order valence-electron chi connectivity index (χ3n) is 3.94. The van der Waals surface area contributed by atoms with E-state index in [1.165, 1.54) is 12.8 Å². The van der Waals surface area contributed by atoms with Crippen LogP contribution >= 0.6 is 0 Å². The highest BCUT2D eigenvalue weighted by Gasteiger charge is 2.24. The minimum atomic E-state index is 0.244. The summed E-state index contributed by atoms with van der Waals surface area (Å²) in [5, 5.41) is 21.5. The molecule has 0 spiro atoms. The molecule has 1 fully saturated rings. The molecule has 0 saturated heterocycles. The number of aliphatic hydroxyl groups is 1. The number of pyridine rings is 1. The number of rotatable bonds is 4. The zero-order chi connectivity index (χ0) is 13.7. The highest BCUT2D eigenvalue weighted by atomic mass is 16.3. The quantitative estimate of drug-likeness (QED) is 0.766. The lowest BCUT2D eigenvalue weighted by molar-refractivity contribution is 0.141. The Morgan fingerprint density at radius 2 is 2.16 bits per heavy atom. The molecule has 2 rings (SSSR count). The van der Waals surface area contributed by atoms with Crippen LogP contribution in [0.15, 0.2) is 12.3 Å². The Kier molecular flexibility index (Phi) is 4.58. The van der Waals surface area contributed by atoms with Crippen molar-refractivity contribution in [2.45, 2.75) is 25.7 Å². The van der Waals surface area contributed by atoms with Gasteiger partial charge in [-0.15, -0.1) is 0 Å². The molecule has 19 heavy (non-hydrogen) atoms. The molecule has 5 heteroatoms. The van der Waals surface area contributed by atoms with E-state index in [4.69, 9.17) is 11.0 Å². The highest BCUT2D eigenvalue weighted by molar-refractivity contribution is 5.68. The normalized spacial score (nSPS) is 22.7. The Hall–Kier alpha value is -1.80. The van der Waals surface area contributed by atoms with Crippen molar-refractivity contribution in [1.29, 1.82) is 5.26 Å². The molecule has 5 nitrogen and oxygen atoms in total. The maximum atomic E-state index is 9.38. The van der Waals surface area contributed by atoms with Gasteiger partial charge in [0.2, 0.25) is 0 Å². The van der Waals surface area contributed by atoms with Gasteiger partial charge in [0.25, 0.3) is 0 Å². The number of nitrogen functional groups attached to an aromatic ring is 1. The fraction of sp³-hybridized carbons (Fsp3) is 0.571. The van der Waals surface area contributed by atoms with Crippen molar-refractivity contribution in [2.75, 3.05) is 24.2 Å². The Bertz CT molecular complexity index is 469. The predicted octanol–water partition coefficient (Wildman–Crippen LogP) is 1.75. The van der Waals surface area contributed by atoms with Gasteiger partial charge in [-0.25, -0.2) is 4.98 Å². The van der Waals surface area contributed by atoms with Crippen LogP contribution in [0.1, 0.15) is 31.2 Å². The lowest BCUT2D eigenvalue weighted by atomic mass is 9.79. The molecule has 0 bridgehead atoms. The molecule has 0 aromatic carbocycles. The molecule has 0 amide bonds. The smallest absolute Gasteiger partial charge is 0.150 e. The third kappa shape index (κ3) is 3.15. The van der Waals surface area contributed by atoms with Gasteiger partial charge < -0.3 is 16.2 Å². The van der Waals surface area contributed by atoms with Crippen LogP contribution in [-0.4, -0.2) is 23.2 Å². The number of aromatic nitrogens is 1. The largest absolute Gasteiger partial charge is 0.396 e. The first kappa shape index (κ1) is 13.6. The summed E-state index contributed by atoms with van der Waals surface area (Å²) < 4.78 is 0. The molecule has 1 heterocycles. The summed E-state index contributed by atoms with van der Waals surface area (Å²) in [7, 11) is 0. The average Bonchev–Trinajstić information content (AvgIpc) is 2.46. The second-order valence-corrected chi connectivity index (χ2v) is 5.10. The number of hydrogen-bond acceptors (Lipinski definition) is 5. The van der Waals surface area contributed by atoms with E-state index in [1.807, 2.05) is 6.07 Å². The molecule has 4 N–H and O–H groups in total. The minimum absolute atomic E-state index is 0.244. The van der Waals surface area contributed by atoms with E-state index in [9.17, 15) is 5.11 Å². The topological polar surface area (TPSA) is 95.0 Å². The van der Waals surface area contributed by atoms with Crippen molar-refractivity contribution >= 4 is 11.5 Å². The number of nitrogens with one attached hydrogen (secondary N) is 1. The number of anilines is 2. The van der Waals surface area contributed by atoms with Crippen molar-refractivity contribution in [1.82, 2.24) is 4.98 Å². The Balaban J connectivity index is 2.00. The summed E-state index contributed by atoms with van der Waals surface area (Å²) in [5.41, 5.74) is 6.73. The summed E-state index contributed by atoms with van der Waals surface area (Å²) >= 11 is 0. The molecule has 1 saturated carbocycles. The SMILES string of the molecule is N#Cc1ccnc(NCC2CCCCC2CO)c1N. The molecule has 102 valence electrons. The van der Waals surface area contributed by atoms with Gasteiger partial charge in [0, 0.05) is 19.3 Å². The van der Waals surface area contributed by atoms with Gasteiger partial charge in [-0.3, -0.25) is 0 Å². The van der Waals surface area contributed by atoms with E-state index < -0.39 is 0 Å². The average molecular weight is 260 g/mol. The van der Waals surface area contributed by atoms with Gasteiger partial charge in [-0.1, -0.05) is 12.8 Å². The van der Waals surface area contributed by atoms with Gasteiger partial charge in [-0.2, -0.15) is 5.26 Å². The Labute approximate surface area is 113 Å². The summed E-state index contributed by atoms with van der Waals surface area (Å²) in [6, 6.07) is 3.66. The van der Waals surface area contributed by atoms with E-state index in [0.29, 0.717) is 28.9 Å². The standard InChI is InChI=1S/C14H20N4O/c15-7-10-5-6-17-14(13(10)16)18-8-11-3-1-2-4-12(11)9-19/h5-6,11-12,19H,1-4,8-9,16H2,(H,17,18). The number of hydrogen-bond donors (Lipinski definition) is 3. The summed E-state index contributed by atoms with van der Waals surface area (Å²) in [4.78, 5) is 4.17. The molecular formula is C14H20N4O. The Morgan fingerprint density at radius 1 is 1.42 bits per heavy atom. The lowest BCUT2D eigenvalue weighted by Crippen LogP contribution is -2.29. The van der Waals surface area contributed by atoms with Gasteiger partial charge in [-0.05, 0) is 30.7 Å². The van der Waals surface area contributed by atoms with Crippen LogP contribution < -0.4 is 11.1 Å². The van der Waals surface area contributed by atoms with Crippen LogP contribution in [-0.2, 0) is 0 Å². The van der Waals surface area contributed by atoms with Crippen molar-refractivity contribution < 1.29 is 5.11 Å². The van der Waals surface area contributed by atoms with Gasteiger partial charge >= 0.3 is 0 Å². The monoisotopic (exact) mass is 260 g/mol. The maximum absolute atomic E-state index is 9.38. The summed E-state index contributed by atoms with van der Waals surface area (Å²) in [6.07, 6.45) is 6.21. The second-order valence-electron chi connectivity index (χ2n) is 5.10. The van der Waals surface area contributed by atoms with Crippen LogP contribution in [0.5, 0.6) is 0 Å².